The molecule has 0 aliphatic carbocycles. The zero-order chi connectivity index (χ0) is 16.7. The summed E-state index contributed by atoms with van der Waals surface area (Å²) in [5.74, 6) is -8.12. The van der Waals surface area contributed by atoms with E-state index in [4.69, 9.17) is 5.11 Å². The van der Waals surface area contributed by atoms with Crippen LogP contribution < -0.4 is 0 Å². The average Bonchev–Trinajstić information content (AvgIpc) is 2.47. The number of esters is 1. The van der Waals surface area contributed by atoms with Gasteiger partial charge in [-0.05, 0) is 13.0 Å². The first-order valence-corrected chi connectivity index (χ1v) is 6.38. The molecule has 1 aromatic carbocycles. The van der Waals surface area contributed by atoms with Gasteiger partial charge in [0.2, 0.25) is 0 Å². The van der Waals surface area contributed by atoms with Gasteiger partial charge in [-0.3, -0.25) is 14.6 Å². The zero-order valence-corrected chi connectivity index (χ0v) is 11.7. The number of aliphatic imine (C=N–C) groups is 1. The van der Waals surface area contributed by atoms with Gasteiger partial charge in [-0.15, -0.1) is 0 Å². The van der Waals surface area contributed by atoms with Gasteiger partial charge >= 0.3 is 5.97 Å². The lowest BCUT2D eigenvalue weighted by atomic mass is 9.98. The summed E-state index contributed by atoms with van der Waals surface area (Å²) in [5.41, 5.74) is -0.911. The van der Waals surface area contributed by atoms with E-state index in [2.05, 4.69) is 9.73 Å². The molecule has 5 nitrogen and oxygen atoms in total. The number of aliphatic hydroxyl groups excluding tert-OH is 1. The van der Waals surface area contributed by atoms with E-state index < -0.39 is 40.7 Å². The molecule has 0 fully saturated rings. The lowest BCUT2D eigenvalue weighted by molar-refractivity contribution is -0.143. The molecule has 1 aromatic rings. The number of Topliss-reactive ketones (excluding diaryl/α,β-unsaturated/α-hetero) is 1. The highest BCUT2D eigenvalue weighted by atomic mass is 19.2. The van der Waals surface area contributed by atoms with E-state index in [1.54, 1.807) is 0 Å². The van der Waals surface area contributed by atoms with Crippen molar-refractivity contribution in [3.8, 4) is 0 Å². The average molecular weight is 317 g/mol. The maximum atomic E-state index is 13.6. The van der Waals surface area contributed by atoms with Gasteiger partial charge in [-0.2, -0.15) is 0 Å². The van der Waals surface area contributed by atoms with E-state index in [9.17, 15) is 22.8 Å². The number of nitrogens with zero attached hydrogens (tertiary/aromatic N) is 1. The number of ether oxygens (including phenoxy) is 1. The molecule has 1 rings (SSSR count). The maximum absolute atomic E-state index is 13.6. The summed E-state index contributed by atoms with van der Waals surface area (Å²) in [7, 11) is 0. The topological polar surface area (TPSA) is 76.0 Å². The second-order valence-corrected chi connectivity index (χ2v) is 4.12. The zero-order valence-electron chi connectivity index (χ0n) is 11.7. The van der Waals surface area contributed by atoms with E-state index in [0.29, 0.717) is 6.07 Å². The second kappa shape index (κ2) is 8.28. The number of carbonyl (C=O) groups is 2. The van der Waals surface area contributed by atoms with Crippen LogP contribution in [0, 0.1) is 23.4 Å². The predicted octanol–water partition coefficient (Wildman–Crippen LogP) is 1.53. The van der Waals surface area contributed by atoms with Crippen LogP contribution in [0.2, 0.25) is 0 Å². The van der Waals surface area contributed by atoms with Crippen molar-refractivity contribution in [2.75, 3.05) is 19.8 Å². The maximum Gasteiger partial charge on any atom is 0.322 e. The Morgan fingerprint density at radius 1 is 1.36 bits per heavy atom. The van der Waals surface area contributed by atoms with Crippen LogP contribution in [0.25, 0.3) is 0 Å². The van der Waals surface area contributed by atoms with Gasteiger partial charge in [0.25, 0.3) is 0 Å². The van der Waals surface area contributed by atoms with Crippen molar-refractivity contribution >= 4 is 18.0 Å². The van der Waals surface area contributed by atoms with Crippen molar-refractivity contribution in [1.29, 1.82) is 0 Å². The number of carbonyl (C=O) groups excluding carboxylic acids is 2. The van der Waals surface area contributed by atoms with E-state index in [1.807, 2.05) is 0 Å². The first-order valence-electron chi connectivity index (χ1n) is 6.38. The van der Waals surface area contributed by atoms with Crippen LogP contribution in [0.15, 0.2) is 17.1 Å². The number of aliphatic hydroxyl groups is 1. The van der Waals surface area contributed by atoms with E-state index in [0.717, 1.165) is 6.21 Å². The Morgan fingerprint density at radius 3 is 2.64 bits per heavy atom. The van der Waals surface area contributed by atoms with Crippen molar-refractivity contribution in [2.45, 2.75) is 6.92 Å². The quantitative estimate of drug-likeness (QED) is 0.272. The summed E-state index contributed by atoms with van der Waals surface area (Å²) >= 11 is 0. The van der Waals surface area contributed by atoms with Crippen LogP contribution in [0.1, 0.15) is 17.3 Å². The van der Waals surface area contributed by atoms with E-state index in [-0.39, 0.29) is 25.8 Å². The highest BCUT2D eigenvalue weighted by Crippen LogP contribution is 2.18. The Morgan fingerprint density at radius 2 is 2.05 bits per heavy atom. The smallest absolute Gasteiger partial charge is 0.322 e. The molecule has 0 spiro atoms. The van der Waals surface area contributed by atoms with Crippen LogP contribution >= 0.6 is 0 Å². The minimum absolute atomic E-state index is 0.0452. The summed E-state index contributed by atoms with van der Waals surface area (Å²) in [6, 6.07) is 0.776. The molecular weight excluding hydrogens is 303 g/mol. The number of ketones is 1. The molecule has 0 heterocycles. The van der Waals surface area contributed by atoms with Gasteiger partial charge in [0, 0.05) is 12.3 Å². The molecule has 120 valence electrons. The van der Waals surface area contributed by atoms with Gasteiger partial charge in [0.15, 0.2) is 23.3 Å². The fourth-order valence-electron chi connectivity index (χ4n) is 1.61. The van der Waals surface area contributed by atoms with Gasteiger partial charge in [0.05, 0.1) is 25.3 Å². The summed E-state index contributed by atoms with van der Waals surface area (Å²) < 4.78 is 44.6. The van der Waals surface area contributed by atoms with Crippen molar-refractivity contribution < 1.29 is 32.6 Å². The van der Waals surface area contributed by atoms with Gasteiger partial charge in [0.1, 0.15) is 5.82 Å². The Kier molecular flexibility index (Phi) is 6.71. The molecule has 1 N–H and O–H groups in total. The molecule has 1 atom stereocenters. The third-order valence-electron chi connectivity index (χ3n) is 2.57. The van der Waals surface area contributed by atoms with Gasteiger partial charge < -0.3 is 9.84 Å². The normalized spacial score (nSPS) is 12.4. The summed E-state index contributed by atoms with van der Waals surface area (Å²) in [5, 5.41) is 8.62. The lowest BCUT2D eigenvalue weighted by Crippen LogP contribution is -2.29. The molecule has 0 saturated carbocycles. The number of halogens is 3. The summed E-state index contributed by atoms with van der Waals surface area (Å²) in [6.45, 7) is 1.02. The third-order valence-corrected chi connectivity index (χ3v) is 2.57. The molecule has 0 aromatic heterocycles. The molecule has 8 heteroatoms. The van der Waals surface area contributed by atoms with E-state index in [1.165, 1.54) is 6.92 Å². The molecule has 0 saturated heterocycles. The first kappa shape index (κ1) is 17.8. The fraction of sp³-hybridized carbons (Fsp3) is 0.357. The highest BCUT2D eigenvalue weighted by Gasteiger charge is 2.30. The fourth-order valence-corrected chi connectivity index (χ4v) is 1.61. The van der Waals surface area contributed by atoms with Crippen molar-refractivity contribution in [1.82, 2.24) is 0 Å². The van der Waals surface area contributed by atoms with E-state index >= 15 is 0 Å². The minimum atomic E-state index is -1.65. The second-order valence-electron chi connectivity index (χ2n) is 4.12. The number of hydrogen-bond donors (Lipinski definition) is 1. The third kappa shape index (κ3) is 4.39. The summed E-state index contributed by atoms with van der Waals surface area (Å²) in [6.07, 6.45) is 0.860. The molecular formula is C14H14F3NO4. The predicted molar refractivity (Wildman–Crippen MR) is 71.2 cm³/mol. The largest absolute Gasteiger partial charge is 0.465 e. The summed E-state index contributed by atoms with van der Waals surface area (Å²) in [4.78, 5) is 27.5. The lowest BCUT2D eigenvalue weighted by Gasteiger charge is -2.11. The minimum Gasteiger partial charge on any atom is -0.465 e. The van der Waals surface area contributed by atoms with Crippen molar-refractivity contribution in [2.24, 2.45) is 10.9 Å². The molecule has 0 aliphatic heterocycles. The van der Waals surface area contributed by atoms with Crippen molar-refractivity contribution in [3.63, 3.8) is 0 Å². The Bertz CT molecular complexity index is 590. The van der Waals surface area contributed by atoms with Crippen molar-refractivity contribution in [3.05, 3.63) is 35.1 Å². The number of rotatable bonds is 7. The SMILES string of the molecule is CCOC(=O)C(C=NCCO)C(=O)c1cc(F)cc(F)c1F. The first-order chi connectivity index (χ1) is 10.4. The Balaban J connectivity index is 3.18. The van der Waals surface area contributed by atoms with Gasteiger partial charge in [-0.1, -0.05) is 0 Å². The standard InChI is InChI=1S/C14H14F3NO4/c1-2-22-14(21)10(7-18-3-4-19)13(20)9-5-8(15)6-11(16)12(9)17/h5-7,10,19H,2-4H2,1H3. The molecule has 0 bridgehead atoms. The monoisotopic (exact) mass is 317 g/mol. The highest BCUT2D eigenvalue weighted by molar-refractivity contribution is 6.18. The number of benzene rings is 1. The molecule has 0 amide bonds. The van der Waals surface area contributed by atoms with Gasteiger partial charge in [-0.25, -0.2) is 13.2 Å². The van der Waals surface area contributed by atoms with Crippen LogP contribution in [-0.4, -0.2) is 42.8 Å². The molecule has 22 heavy (non-hydrogen) atoms. The molecule has 0 radical (unpaired) electrons. The Hall–Kier alpha value is -2.22. The Labute approximate surface area is 124 Å². The van der Waals surface area contributed by atoms with Crippen LogP contribution in [0.3, 0.4) is 0 Å². The van der Waals surface area contributed by atoms with Crippen LogP contribution in [0.5, 0.6) is 0 Å². The van der Waals surface area contributed by atoms with Crippen LogP contribution in [0.4, 0.5) is 13.2 Å². The molecule has 0 aliphatic rings. The molecule has 1 unspecified atom stereocenters. The van der Waals surface area contributed by atoms with Crippen LogP contribution in [-0.2, 0) is 9.53 Å². The number of hydrogen-bond acceptors (Lipinski definition) is 5.